The molecule has 0 amide bonds. The minimum Gasteiger partial charge on any atom is -0.317 e. The molecule has 1 aliphatic heterocycles. The molecule has 3 heterocycles. The van der Waals surface area contributed by atoms with E-state index in [1.54, 1.807) is 6.92 Å². The number of H-pyrrole nitrogens is 1. The van der Waals surface area contributed by atoms with Crippen molar-refractivity contribution in [2.24, 2.45) is 0 Å². The van der Waals surface area contributed by atoms with Crippen LogP contribution < -0.4 is 16.2 Å². The predicted molar refractivity (Wildman–Crippen MR) is 81.8 cm³/mol. The van der Waals surface area contributed by atoms with E-state index in [2.05, 4.69) is 25.6 Å². The third-order valence-corrected chi connectivity index (χ3v) is 3.49. The molecule has 7 nitrogen and oxygen atoms in total. The fourth-order valence-electron chi connectivity index (χ4n) is 1.76. The molecule has 1 saturated heterocycles. The van der Waals surface area contributed by atoms with Crippen LogP contribution in [0.25, 0.3) is 0 Å². The molecular formula is C13H16N6OS. The Balaban J connectivity index is 0.000000272. The fourth-order valence-corrected chi connectivity index (χ4v) is 2.38. The summed E-state index contributed by atoms with van der Waals surface area (Å²) in [7, 11) is 0. The number of anilines is 2. The van der Waals surface area contributed by atoms with Gasteiger partial charge in [0.2, 0.25) is 0 Å². The van der Waals surface area contributed by atoms with Crippen LogP contribution >= 0.6 is 11.3 Å². The van der Waals surface area contributed by atoms with E-state index >= 15 is 0 Å². The van der Waals surface area contributed by atoms with Crippen molar-refractivity contribution >= 4 is 22.3 Å². The van der Waals surface area contributed by atoms with Crippen LogP contribution in [0.3, 0.4) is 0 Å². The normalized spacial score (nSPS) is 13.1. The Hall–Kier alpha value is -2.24. The highest BCUT2D eigenvalue weighted by Crippen LogP contribution is 2.19. The van der Waals surface area contributed by atoms with E-state index in [9.17, 15) is 4.79 Å². The van der Waals surface area contributed by atoms with Gasteiger partial charge in [0.1, 0.15) is 22.6 Å². The number of thiazole rings is 1. The maximum atomic E-state index is 11.2. The smallest absolute Gasteiger partial charge is 0.252 e. The lowest BCUT2D eigenvalue weighted by Gasteiger charge is -2.00. The van der Waals surface area contributed by atoms with E-state index < -0.39 is 0 Å². The van der Waals surface area contributed by atoms with Crippen LogP contribution in [0.2, 0.25) is 0 Å². The number of nitrogens with zero attached hydrogens (tertiary/aromatic N) is 3. The summed E-state index contributed by atoms with van der Waals surface area (Å²) in [5.41, 5.74) is -0.230. The van der Waals surface area contributed by atoms with Gasteiger partial charge < -0.3 is 15.6 Å². The first-order valence-electron chi connectivity index (χ1n) is 6.59. The number of aromatic nitrogens is 3. The molecule has 0 aliphatic carbocycles. The summed E-state index contributed by atoms with van der Waals surface area (Å²) < 4.78 is 0. The highest BCUT2D eigenvalue weighted by molar-refractivity contribution is 7.16. The molecule has 0 saturated carbocycles. The highest BCUT2D eigenvalue weighted by Gasteiger charge is 2.03. The maximum absolute atomic E-state index is 11.2. The Bertz CT molecular complexity index is 675. The van der Waals surface area contributed by atoms with Crippen molar-refractivity contribution in [3.8, 4) is 6.07 Å². The van der Waals surface area contributed by atoms with Gasteiger partial charge in [-0.25, -0.2) is 9.97 Å². The van der Waals surface area contributed by atoms with Crippen molar-refractivity contribution in [1.29, 1.82) is 5.26 Å². The summed E-state index contributed by atoms with van der Waals surface area (Å²) in [5.74, 6) is 0.937. The van der Waals surface area contributed by atoms with Crippen LogP contribution in [0.1, 0.15) is 23.5 Å². The van der Waals surface area contributed by atoms with Gasteiger partial charge in [-0.05, 0) is 32.9 Å². The molecule has 110 valence electrons. The van der Waals surface area contributed by atoms with Crippen molar-refractivity contribution in [2.75, 3.05) is 18.4 Å². The quantitative estimate of drug-likeness (QED) is 0.776. The first-order chi connectivity index (χ1) is 10.2. The zero-order chi connectivity index (χ0) is 15.1. The summed E-state index contributed by atoms with van der Waals surface area (Å²) in [6, 6.07) is 3.32. The molecule has 0 atom stereocenters. The number of nitrogens with one attached hydrogen (secondary N) is 3. The van der Waals surface area contributed by atoms with Crippen molar-refractivity contribution in [3.05, 3.63) is 33.3 Å². The molecule has 0 spiro atoms. The lowest BCUT2D eigenvalue weighted by molar-refractivity contribution is 0.857. The number of hydrogen-bond donors (Lipinski definition) is 3. The van der Waals surface area contributed by atoms with E-state index in [-0.39, 0.29) is 5.56 Å². The molecule has 3 rings (SSSR count). The average molecular weight is 304 g/mol. The van der Waals surface area contributed by atoms with E-state index in [1.165, 1.54) is 49.5 Å². The number of aryl methyl sites for hydroxylation is 1. The second-order valence-electron chi connectivity index (χ2n) is 4.44. The molecule has 0 unspecified atom stereocenters. The van der Waals surface area contributed by atoms with Crippen LogP contribution in [0.4, 0.5) is 10.9 Å². The molecule has 21 heavy (non-hydrogen) atoms. The first kappa shape index (κ1) is 15.2. The monoisotopic (exact) mass is 304 g/mol. The first-order valence-corrected chi connectivity index (χ1v) is 7.40. The van der Waals surface area contributed by atoms with Gasteiger partial charge in [0, 0.05) is 6.07 Å². The molecule has 2 aromatic rings. The molecule has 0 radical (unpaired) electrons. The van der Waals surface area contributed by atoms with Crippen LogP contribution in [-0.4, -0.2) is 28.0 Å². The zero-order valence-corrected chi connectivity index (χ0v) is 12.5. The SMILES string of the molecule is C1CCNC1.Cc1nc(Nc2ncc(C#N)s2)cc(=O)[nH]1. The molecule has 8 heteroatoms. The summed E-state index contributed by atoms with van der Waals surface area (Å²) in [6.07, 6.45) is 4.24. The standard InChI is InChI=1S/C9H7N5OS.C4H9N/c1-5-12-7(2-8(15)13-5)14-9-11-4-6(3-10)16-9;1-2-4-5-3-1/h2,4H,1H3,(H2,11,12,13,14,15);5H,1-4H2. The zero-order valence-electron chi connectivity index (χ0n) is 11.6. The van der Waals surface area contributed by atoms with E-state index in [1.807, 2.05) is 6.07 Å². The molecular weight excluding hydrogens is 288 g/mol. The fraction of sp³-hybridized carbons (Fsp3) is 0.385. The summed E-state index contributed by atoms with van der Waals surface area (Å²) >= 11 is 1.20. The van der Waals surface area contributed by atoms with Gasteiger partial charge in [-0.1, -0.05) is 11.3 Å². The molecule has 0 aromatic carbocycles. The lowest BCUT2D eigenvalue weighted by atomic mass is 10.4. The largest absolute Gasteiger partial charge is 0.317 e. The predicted octanol–water partition coefficient (Wildman–Crippen LogP) is 1.52. The van der Waals surface area contributed by atoms with Crippen molar-refractivity contribution in [1.82, 2.24) is 20.3 Å². The van der Waals surface area contributed by atoms with E-state index in [0.29, 0.717) is 21.7 Å². The number of nitriles is 1. The number of rotatable bonds is 2. The van der Waals surface area contributed by atoms with Gasteiger partial charge >= 0.3 is 0 Å². The van der Waals surface area contributed by atoms with Gasteiger partial charge in [-0.2, -0.15) is 5.26 Å². The Morgan fingerprint density at radius 3 is 2.71 bits per heavy atom. The van der Waals surface area contributed by atoms with Gasteiger partial charge in [0.15, 0.2) is 5.13 Å². The van der Waals surface area contributed by atoms with Gasteiger partial charge in [-0.15, -0.1) is 0 Å². The number of aromatic amines is 1. The molecule has 0 bridgehead atoms. The van der Waals surface area contributed by atoms with Gasteiger partial charge in [0.25, 0.3) is 5.56 Å². The Labute approximate surface area is 126 Å². The summed E-state index contributed by atoms with van der Waals surface area (Å²) in [4.78, 5) is 22.3. The average Bonchev–Trinajstić information content (AvgIpc) is 3.11. The second-order valence-corrected chi connectivity index (χ2v) is 5.47. The maximum Gasteiger partial charge on any atom is 0.252 e. The third-order valence-electron chi connectivity index (χ3n) is 2.67. The van der Waals surface area contributed by atoms with Crippen molar-refractivity contribution in [3.63, 3.8) is 0 Å². The lowest BCUT2D eigenvalue weighted by Crippen LogP contribution is -2.09. The Kier molecular flexibility index (Phi) is 5.43. The third kappa shape index (κ3) is 4.98. The van der Waals surface area contributed by atoms with Crippen LogP contribution in [0.5, 0.6) is 0 Å². The summed E-state index contributed by atoms with van der Waals surface area (Å²) in [6.45, 7) is 4.19. The molecule has 3 N–H and O–H groups in total. The van der Waals surface area contributed by atoms with Crippen LogP contribution in [0.15, 0.2) is 17.1 Å². The molecule has 1 fully saturated rings. The summed E-state index contributed by atoms with van der Waals surface area (Å²) in [5, 5.41) is 15.3. The minimum atomic E-state index is -0.230. The number of hydrogen-bond acceptors (Lipinski definition) is 7. The minimum absolute atomic E-state index is 0.230. The van der Waals surface area contributed by atoms with Crippen LogP contribution in [-0.2, 0) is 0 Å². The topological polar surface area (TPSA) is 106 Å². The van der Waals surface area contributed by atoms with Crippen molar-refractivity contribution in [2.45, 2.75) is 19.8 Å². The Morgan fingerprint density at radius 2 is 2.19 bits per heavy atom. The molecule has 2 aromatic heterocycles. The van der Waals surface area contributed by atoms with Crippen molar-refractivity contribution < 1.29 is 0 Å². The van der Waals surface area contributed by atoms with E-state index in [4.69, 9.17) is 5.26 Å². The van der Waals surface area contributed by atoms with Gasteiger partial charge in [-0.3, -0.25) is 4.79 Å². The molecule has 1 aliphatic rings. The Morgan fingerprint density at radius 1 is 1.43 bits per heavy atom. The highest BCUT2D eigenvalue weighted by atomic mass is 32.1. The van der Waals surface area contributed by atoms with Gasteiger partial charge in [0.05, 0.1) is 6.20 Å². The van der Waals surface area contributed by atoms with E-state index in [0.717, 1.165) is 0 Å². The second kappa shape index (κ2) is 7.52. The van der Waals surface area contributed by atoms with Crippen LogP contribution in [0, 0.1) is 18.3 Å².